The molecule has 0 spiro atoms. The fraction of sp³-hybridized carbons (Fsp3) is 0.364. The number of aromatic nitrogens is 2. The maximum absolute atomic E-state index is 12.7. The molecule has 0 saturated carbocycles. The van der Waals surface area contributed by atoms with Gasteiger partial charge in [-0.1, -0.05) is 37.3 Å². The van der Waals surface area contributed by atoms with E-state index in [0.717, 1.165) is 55.9 Å². The Bertz CT molecular complexity index is 955. The SMILES string of the molecule is CCN1CCN(Cc2ccc(NC(=O)c3nn(C)c4ccccc34)cc2)CC1. The second-order valence-corrected chi connectivity index (χ2v) is 7.35. The summed E-state index contributed by atoms with van der Waals surface area (Å²) in [6.45, 7) is 8.81. The van der Waals surface area contributed by atoms with E-state index in [1.165, 1.54) is 5.56 Å². The van der Waals surface area contributed by atoms with Gasteiger partial charge in [-0.05, 0) is 30.3 Å². The van der Waals surface area contributed by atoms with Gasteiger partial charge in [0.25, 0.3) is 5.91 Å². The molecule has 0 bridgehead atoms. The van der Waals surface area contributed by atoms with Crippen LogP contribution in [0.25, 0.3) is 10.9 Å². The van der Waals surface area contributed by atoms with Gasteiger partial charge < -0.3 is 10.2 Å². The first-order valence-corrected chi connectivity index (χ1v) is 9.91. The zero-order valence-electron chi connectivity index (χ0n) is 16.6. The number of carbonyl (C=O) groups excluding carboxylic acids is 1. The number of aryl methyl sites for hydroxylation is 1. The molecule has 4 rings (SSSR count). The lowest BCUT2D eigenvalue weighted by molar-refractivity contribution is 0.102. The van der Waals surface area contributed by atoms with Crippen LogP contribution in [0.15, 0.2) is 48.5 Å². The maximum atomic E-state index is 12.7. The minimum atomic E-state index is -0.180. The first-order chi connectivity index (χ1) is 13.6. The second-order valence-electron chi connectivity index (χ2n) is 7.35. The van der Waals surface area contributed by atoms with E-state index in [-0.39, 0.29) is 5.91 Å². The number of benzene rings is 2. The number of hydrogen-bond donors (Lipinski definition) is 1. The van der Waals surface area contributed by atoms with Crippen molar-refractivity contribution in [2.75, 3.05) is 38.0 Å². The minimum Gasteiger partial charge on any atom is -0.321 e. The molecule has 1 aliphatic heterocycles. The Morgan fingerprint density at radius 3 is 2.39 bits per heavy atom. The van der Waals surface area contributed by atoms with E-state index in [4.69, 9.17) is 0 Å². The normalized spacial score (nSPS) is 15.8. The maximum Gasteiger partial charge on any atom is 0.276 e. The molecule has 0 radical (unpaired) electrons. The van der Waals surface area contributed by atoms with Gasteiger partial charge in [0.2, 0.25) is 0 Å². The molecule has 6 heteroatoms. The molecular weight excluding hydrogens is 350 g/mol. The Kier molecular flexibility index (Phi) is 5.41. The number of para-hydroxylation sites is 1. The standard InChI is InChI=1S/C22H27N5O/c1-3-26-12-14-27(15-13-26)16-17-8-10-18(11-9-17)23-22(28)21-19-6-4-5-7-20(19)25(2)24-21/h4-11H,3,12-16H2,1-2H3,(H,23,28). The first kappa shape index (κ1) is 18.7. The topological polar surface area (TPSA) is 53.4 Å². The largest absolute Gasteiger partial charge is 0.321 e. The Labute approximate surface area is 165 Å². The van der Waals surface area contributed by atoms with E-state index in [9.17, 15) is 4.79 Å². The molecule has 1 aliphatic rings. The summed E-state index contributed by atoms with van der Waals surface area (Å²) in [5.41, 5.74) is 3.47. The fourth-order valence-electron chi connectivity index (χ4n) is 3.79. The van der Waals surface area contributed by atoms with Gasteiger partial charge in [0.05, 0.1) is 5.52 Å². The van der Waals surface area contributed by atoms with Crippen molar-refractivity contribution in [2.45, 2.75) is 13.5 Å². The van der Waals surface area contributed by atoms with Gasteiger partial charge in [0, 0.05) is 50.8 Å². The van der Waals surface area contributed by atoms with Crippen LogP contribution < -0.4 is 5.32 Å². The van der Waals surface area contributed by atoms with Crippen molar-refractivity contribution in [2.24, 2.45) is 7.05 Å². The molecule has 1 amide bonds. The monoisotopic (exact) mass is 377 g/mol. The van der Waals surface area contributed by atoms with E-state index in [0.29, 0.717) is 5.69 Å². The van der Waals surface area contributed by atoms with Crippen LogP contribution in [0, 0.1) is 0 Å². The van der Waals surface area contributed by atoms with E-state index < -0.39 is 0 Å². The number of carbonyl (C=O) groups is 1. The van der Waals surface area contributed by atoms with Crippen LogP contribution in [-0.2, 0) is 13.6 Å². The van der Waals surface area contributed by atoms with Gasteiger partial charge in [-0.2, -0.15) is 5.10 Å². The molecule has 1 aromatic heterocycles. The number of nitrogens with one attached hydrogen (secondary N) is 1. The average molecular weight is 377 g/mol. The van der Waals surface area contributed by atoms with Crippen molar-refractivity contribution < 1.29 is 4.79 Å². The summed E-state index contributed by atoms with van der Waals surface area (Å²) >= 11 is 0. The van der Waals surface area contributed by atoms with Crippen molar-refractivity contribution in [1.82, 2.24) is 19.6 Å². The molecule has 1 saturated heterocycles. The molecule has 3 aromatic rings. The quantitative estimate of drug-likeness (QED) is 0.743. The van der Waals surface area contributed by atoms with Gasteiger partial charge in [0.1, 0.15) is 0 Å². The molecule has 2 aromatic carbocycles. The Morgan fingerprint density at radius 1 is 1.00 bits per heavy atom. The van der Waals surface area contributed by atoms with Crippen LogP contribution in [0.1, 0.15) is 23.0 Å². The van der Waals surface area contributed by atoms with Gasteiger partial charge in [-0.15, -0.1) is 0 Å². The first-order valence-electron chi connectivity index (χ1n) is 9.91. The van der Waals surface area contributed by atoms with Crippen LogP contribution in [0.4, 0.5) is 5.69 Å². The molecule has 0 atom stereocenters. The van der Waals surface area contributed by atoms with Crippen LogP contribution in [0.5, 0.6) is 0 Å². The van der Waals surface area contributed by atoms with Gasteiger partial charge in [0.15, 0.2) is 5.69 Å². The number of fused-ring (bicyclic) bond motifs is 1. The number of likely N-dealkylation sites (N-methyl/N-ethyl adjacent to an activating group) is 1. The van der Waals surface area contributed by atoms with Gasteiger partial charge in [-0.3, -0.25) is 14.4 Å². The number of hydrogen-bond acceptors (Lipinski definition) is 4. The van der Waals surface area contributed by atoms with Crippen LogP contribution in [0.2, 0.25) is 0 Å². The Balaban J connectivity index is 1.39. The summed E-state index contributed by atoms with van der Waals surface area (Å²) in [6, 6.07) is 15.9. The molecule has 1 N–H and O–H groups in total. The molecule has 2 heterocycles. The summed E-state index contributed by atoms with van der Waals surface area (Å²) in [5, 5.41) is 8.23. The second kappa shape index (κ2) is 8.12. The fourth-order valence-corrected chi connectivity index (χ4v) is 3.79. The lowest BCUT2D eigenvalue weighted by Gasteiger charge is -2.34. The average Bonchev–Trinajstić information content (AvgIpc) is 3.07. The molecule has 1 fully saturated rings. The highest BCUT2D eigenvalue weighted by atomic mass is 16.2. The summed E-state index contributed by atoms with van der Waals surface area (Å²) in [7, 11) is 1.86. The number of nitrogens with zero attached hydrogens (tertiary/aromatic N) is 4. The molecule has 0 aliphatic carbocycles. The Hall–Kier alpha value is -2.70. The highest BCUT2D eigenvalue weighted by Gasteiger charge is 2.17. The highest BCUT2D eigenvalue weighted by Crippen LogP contribution is 2.19. The third kappa shape index (κ3) is 3.93. The zero-order chi connectivity index (χ0) is 19.5. The van der Waals surface area contributed by atoms with Crippen molar-refractivity contribution in [3.8, 4) is 0 Å². The van der Waals surface area contributed by atoms with E-state index in [1.54, 1.807) is 4.68 Å². The number of amides is 1. The summed E-state index contributed by atoms with van der Waals surface area (Å²) < 4.78 is 1.74. The number of rotatable bonds is 5. The third-order valence-electron chi connectivity index (χ3n) is 5.50. The lowest BCUT2D eigenvalue weighted by Crippen LogP contribution is -2.45. The van der Waals surface area contributed by atoms with Crippen molar-refractivity contribution in [3.05, 3.63) is 59.8 Å². The zero-order valence-corrected chi connectivity index (χ0v) is 16.6. The highest BCUT2D eigenvalue weighted by molar-refractivity contribution is 6.11. The predicted octanol–water partition coefficient (Wildman–Crippen LogP) is 2.96. The van der Waals surface area contributed by atoms with Crippen molar-refractivity contribution >= 4 is 22.5 Å². The van der Waals surface area contributed by atoms with Crippen molar-refractivity contribution in [1.29, 1.82) is 0 Å². The molecule has 146 valence electrons. The number of anilines is 1. The molecule has 0 unspecified atom stereocenters. The molecule has 6 nitrogen and oxygen atoms in total. The van der Waals surface area contributed by atoms with Gasteiger partial charge >= 0.3 is 0 Å². The number of piperazine rings is 1. The van der Waals surface area contributed by atoms with E-state index >= 15 is 0 Å². The van der Waals surface area contributed by atoms with Crippen LogP contribution >= 0.6 is 0 Å². The van der Waals surface area contributed by atoms with Gasteiger partial charge in [-0.25, -0.2) is 0 Å². The van der Waals surface area contributed by atoms with E-state index in [1.807, 2.05) is 43.4 Å². The summed E-state index contributed by atoms with van der Waals surface area (Å²) in [5.74, 6) is -0.180. The summed E-state index contributed by atoms with van der Waals surface area (Å²) in [6.07, 6.45) is 0. The lowest BCUT2D eigenvalue weighted by atomic mass is 10.1. The molecular formula is C22H27N5O. The third-order valence-corrected chi connectivity index (χ3v) is 5.50. The van der Waals surface area contributed by atoms with Crippen LogP contribution in [0.3, 0.4) is 0 Å². The van der Waals surface area contributed by atoms with E-state index in [2.05, 4.69) is 39.3 Å². The minimum absolute atomic E-state index is 0.180. The Morgan fingerprint density at radius 2 is 1.68 bits per heavy atom. The predicted molar refractivity (Wildman–Crippen MR) is 113 cm³/mol. The molecule has 28 heavy (non-hydrogen) atoms. The summed E-state index contributed by atoms with van der Waals surface area (Å²) in [4.78, 5) is 17.7. The smallest absolute Gasteiger partial charge is 0.276 e. The van der Waals surface area contributed by atoms with Crippen molar-refractivity contribution in [3.63, 3.8) is 0 Å². The van der Waals surface area contributed by atoms with Crippen LogP contribution in [-0.4, -0.2) is 58.2 Å².